The van der Waals surface area contributed by atoms with Crippen molar-refractivity contribution in [1.29, 1.82) is 0 Å². The van der Waals surface area contributed by atoms with E-state index in [4.69, 9.17) is 9.47 Å². The van der Waals surface area contributed by atoms with Crippen LogP contribution in [0.1, 0.15) is 17.0 Å². The Hall–Kier alpha value is -2.28. The number of nitrogens with zero attached hydrogens (tertiary/aromatic N) is 2. The quantitative estimate of drug-likeness (QED) is 0.575. The van der Waals surface area contributed by atoms with Crippen molar-refractivity contribution in [3.05, 3.63) is 41.2 Å². The summed E-state index contributed by atoms with van der Waals surface area (Å²) < 4.78 is 10.6. The first-order valence-corrected chi connectivity index (χ1v) is 8.93. The molecule has 0 atom stereocenters. The highest BCUT2D eigenvalue weighted by atomic mass is 32.2. The molecule has 0 unspecified atom stereocenters. The van der Waals surface area contributed by atoms with Gasteiger partial charge < -0.3 is 14.8 Å². The van der Waals surface area contributed by atoms with Gasteiger partial charge in [-0.2, -0.15) is 0 Å². The number of rotatable bonds is 8. The number of benzene rings is 1. The second kappa shape index (κ2) is 9.27. The molecule has 6 nitrogen and oxygen atoms in total. The van der Waals surface area contributed by atoms with Crippen molar-refractivity contribution < 1.29 is 14.3 Å². The molecule has 0 aliphatic carbocycles. The van der Waals surface area contributed by atoms with E-state index in [2.05, 4.69) is 15.3 Å². The molecule has 1 N–H and O–H groups in total. The van der Waals surface area contributed by atoms with E-state index >= 15 is 0 Å². The topological polar surface area (TPSA) is 73.3 Å². The Morgan fingerprint density at radius 3 is 2.48 bits per heavy atom. The number of ether oxygens (including phenoxy) is 2. The van der Waals surface area contributed by atoms with E-state index in [-0.39, 0.29) is 11.7 Å². The third kappa shape index (κ3) is 5.94. The molecule has 2 rings (SSSR count). The Kier molecular flexibility index (Phi) is 7.06. The molecule has 1 heterocycles. The fraction of sp³-hybridized carbons (Fsp3) is 0.389. The number of nitrogens with one attached hydrogen (secondary N) is 1. The number of amides is 1. The maximum atomic E-state index is 12.0. The Bertz CT molecular complexity index is 717. The van der Waals surface area contributed by atoms with E-state index in [1.165, 1.54) is 11.8 Å². The van der Waals surface area contributed by atoms with Gasteiger partial charge in [0, 0.05) is 17.9 Å². The molecule has 7 heteroatoms. The van der Waals surface area contributed by atoms with Crippen LogP contribution in [-0.4, -0.2) is 42.4 Å². The normalized spacial score (nSPS) is 10.4. The number of aromatic nitrogens is 2. The van der Waals surface area contributed by atoms with E-state index in [1.807, 2.05) is 38.1 Å². The Morgan fingerprint density at radius 2 is 1.84 bits per heavy atom. The van der Waals surface area contributed by atoms with Crippen LogP contribution >= 0.6 is 11.8 Å². The maximum Gasteiger partial charge on any atom is 0.230 e. The molecule has 2 aromatic rings. The minimum atomic E-state index is -0.0466. The zero-order valence-corrected chi connectivity index (χ0v) is 15.8. The molecular weight excluding hydrogens is 338 g/mol. The fourth-order valence-corrected chi connectivity index (χ4v) is 3.13. The molecule has 0 fully saturated rings. The minimum Gasteiger partial charge on any atom is -0.497 e. The number of thioether (sulfide) groups is 1. The lowest BCUT2D eigenvalue weighted by molar-refractivity contribution is -0.118. The highest BCUT2D eigenvalue weighted by molar-refractivity contribution is 7.99. The molecule has 0 saturated heterocycles. The third-order valence-corrected chi connectivity index (χ3v) is 4.35. The average molecular weight is 361 g/mol. The lowest BCUT2D eigenvalue weighted by Gasteiger charge is -2.11. The van der Waals surface area contributed by atoms with Gasteiger partial charge in [-0.3, -0.25) is 4.79 Å². The molecule has 25 heavy (non-hydrogen) atoms. The molecule has 0 saturated carbocycles. The predicted octanol–water partition coefficient (Wildman–Crippen LogP) is 2.56. The van der Waals surface area contributed by atoms with Gasteiger partial charge in [0.1, 0.15) is 11.5 Å². The van der Waals surface area contributed by atoms with Gasteiger partial charge in [0.05, 0.1) is 20.0 Å². The van der Waals surface area contributed by atoms with Crippen molar-refractivity contribution >= 4 is 17.7 Å². The SMILES string of the molecule is COc1ccc(OC)c(CCNC(=O)CSc2nc(C)cc(C)n2)c1. The summed E-state index contributed by atoms with van der Waals surface area (Å²) in [6.45, 7) is 4.36. The smallest absolute Gasteiger partial charge is 0.230 e. The van der Waals surface area contributed by atoms with Crippen molar-refractivity contribution in [3.63, 3.8) is 0 Å². The second-order valence-corrected chi connectivity index (χ2v) is 6.44. The van der Waals surface area contributed by atoms with Crippen LogP contribution in [0.25, 0.3) is 0 Å². The van der Waals surface area contributed by atoms with E-state index in [1.54, 1.807) is 14.2 Å². The van der Waals surface area contributed by atoms with Gasteiger partial charge in [-0.05, 0) is 50.1 Å². The molecule has 0 radical (unpaired) electrons. The van der Waals surface area contributed by atoms with Crippen LogP contribution in [0.3, 0.4) is 0 Å². The lowest BCUT2D eigenvalue weighted by atomic mass is 10.1. The molecule has 0 aliphatic heterocycles. The van der Waals surface area contributed by atoms with Crippen LogP contribution in [0.2, 0.25) is 0 Å². The van der Waals surface area contributed by atoms with Crippen molar-refractivity contribution in [3.8, 4) is 11.5 Å². The zero-order valence-electron chi connectivity index (χ0n) is 15.0. The number of methoxy groups -OCH3 is 2. The summed E-state index contributed by atoms with van der Waals surface area (Å²) >= 11 is 1.34. The van der Waals surface area contributed by atoms with Gasteiger partial charge in [0.2, 0.25) is 5.91 Å². The van der Waals surface area contributed by atoms with Gasteiger partial charge in [-0.25, -0.2) is 9.97 Å². The molecule has 0 bridgehead atoms. The zero-order chi connectivity index (χ0) is 18.2. The molecule has 134 valence electrons. The van der Waals surface area contributed by atoms with Crippen LogP contribution in [0, 0.1) is 13.8 Å². The molecule has 1 amide bonds. The first kappa shape index (κ1) is 19.1. The highest BCUT2D eigenvalue weighted by Crippen LogP contribution is 2.24. The monoisotopic (exact) mass is 361 g/mol. The average Bonchev–Trinajstić information content (AvgIpc) is 2.59. The van der Waals surface area contributed by atoms with E-state index in [0.717, 1.165) is 28.5 Å². The summed E-state index contributed by atoms with van der Waals surface area (Å²) in [5.74, 6) is 1.80. The molecule has 1 aromatic carbocycles. The van der Waals surface area contributed by atoms with Crippen LogP contribution in [0.4, 0.5) is 0 Å². The Balaban J connectivity index is 1.82. The minimum absolute atomic E-state index is 0.0466. The summed E-state index contributed by atoms with van der Waals surface area (Å²) in [6.07, 6.45) is 0.664. The molecule has 0 aliphatic rings. The van der Waals surface area contributed by atoms with E-state index < -0.39 is 0 Å². The Morgan fingerprint density at radius 1 is 1.12 bits per heavy atom. The van der Waals surface area contributed by atoms with Crippen molar-refractivity contribution in [2.24, 2.45) is 0 Å². The molecule has 0 spiro atoms. The number of hydrogen-bond acceptors (Lipinski definition) is 6. The van der Waals surface area contributed by atoms with Gasteiger partial charge in [0.25, 0.3) is 0 Å². The van der Waals surface area contributed by atoms with Crippen molar-refractivity contribution in [1.82, 2.24) is 15.3 Å². The van der Waals surface area contributed by atoms with Crippen molar-refractivity contribution in [2.75, 3.05) is 26.5 Å². The van der Waals surface area contributed by atoms with Crippen LogP contribution < -0.4 is 14.8 Å². The largest absolute Gasteiger partial charge is 0.497 e. The van der Waals surface area contributed by atoms with Crippen LogP contribution in [-0.2, 0) is 11.2 Å². The Labute approximate surface area is 152 Å². The number of hydrogen-bond donors (Lipinski definition) is 1. The fourth-order valence-electron chi connectivity index (χ4n) is 2.35. The highest BCUT2D eigenvalue weighted by Gasteiger charge is 2.08. The lowest BCUT2D eigenvalue weighted by Crippen LogP contribution is -2.27. The summed E-state index contributed by atoms with van der Waals surface area (Å²) in [7, 11) is 3.25. The molecular formula is C18H23N3O3S. The van der Waals surface area contributed by atoms with E-state index in [9.17, 15) is 4.79 Å². The van der Waals surface area contributed by atoms with E-state index in [0.29, 0.717) is 18.1 Å². The van der Waals surface area contributed by atoms with Crippen LogP contribution in [0.15, 0.2) is 29.4 Å². The van der Waals surface area contributed by atoms with Gasteiger partial charge in [-0.1, -0.05) is 11.8 Å². The number of carbonyl (C=O) groups is 1. The first-order valence-electron chi connectivity index (χ1n) is 7.94. The summed E-state index contributed by atoms with van der Waals surface area (Å²) in [6, 6.07) is 7.54. The third-order valence-electron chi connectivity index (χ3n) is 3.50. The molecule has 1 aromatic heterocycles. The maximum absolute atomic E-state index is 12.0. The van der Waals surface area contributed by atoms with Gasteiger partial charge in [0.15, 0.2) is 5.16 Å². The summed E-state index contributed by atoms with van der Waals surface area (Å²) in [5, 5.41) is 3.53. The van der Waals surface area contributed by atoms with Gasteiger partial charge in [-0.15, -0.1) is 0 Å². The summed E-state index contributed by atoms with van der Waals surface area (Å²) in [4.78, 5) is 20.6. The predicted molar refractivity (Wildman–Crippen MR) is 98.5 cm³/mol. The van der Waals surface area contributed by atoms with Gasteiger partial charge >= 0.3 is 0 Å². The first-order chi connectivity index (χ1) is 12.0. The number of carbonyl (C=O) groups excluding carboxylic acids is 1. The van der Waals surface area contributed by atoms with Crippen molar-refractivity contribution in [2.45, 2.75) is 25.4 Å². The number of aryl methyl sites for hydroxylation is 2. The second-order valence-electron chi connectivity index (χ2n) is 5.50. The standard InChI is InChI=1S/C18H23N3O3S/c1-12-9-13(2)21-18(20-12)25-11-17(22)19-8-7-14-10-15(23-3)5-6-16(14)24-4/h5-6,9-10H,7-8,11H2,1-4H3,(H,19,22). The van der Waals surface area contributed by atoms with Crippen LogP contribution in [0.5, 0.6) is 11.5 Å². The summed E-state index contributed by atoms with van der Waals surface area (Å²) in [5.41, 5.74) is 2.80.